The molecule has 106 valence electrons. The third-order valence-electron chi connectivity index (χ3n) is 3.97. The standard InChI is InChI=1S/C15H16FNO3/c1-19-15(5-2-6-15)9-17-14(18)13-8-10-7-11(16)3-4-12(10)20-13/h3-4,7-8H,2,5-6,9H2,1H3,(H,17,18). The molecule has 3 rings (SSSR count). The van der Waals surface area contributed by atoms with Crippen molar-refractivity contribution in [1.29, 1.82) is 0 Å². The second-order valence-corrected chi connectivity index (χ2v) is 5.22. The number of carbonyl (C=O) groups excluding carboxylic acids is 1. The average molecular weight is 277 g/mol. The molecule has 0 bridgehead atoms. The third-order valence-corrected chi connectivity index (χ3v) is 3.97. The van der Waals surface area contributed by atoms with Crippen LogP contribution >= 0.6 is 0 Å². The molecule has 0 unspecified atom stereocenters. The molecule has 0 saturated heterocycles. The van der Waals surface area contributed by atoms with Gasteiger partial charge in [0.1, 0.15) is 11.4 Å². The first-order chi connectivity index (χ1) is 9.62. The van der Waals surface area contributed by atoms with Gasteiger partial charge in [-0.2, -0.15) is 0 Å². The van der Waals surface area contributed by atoms with Crippen LogP contribution in [-0.4, -0.2) is 25.2 Å². The quantitative estimate of drug-likeness (QED) is 0.935. The van der Waals surface area contributed by atoms with Crippen LogP contribution in [-0.2, 0) is 4.74 Å². The molecule has 1 saturated carbocycles. The van der Waals surface area contributed by atoms with Crippen LogP contribution in [0.1, 0.15) is 29.8 Å². The minimum absolute atomic E-state index is 0.191. The lowest BCUT2D eigenvalue weighted by atomic mass is 9.80. The Morgan fingerprint density at radius 2 is 2.25 bits per heavy atom. The smallest absolute Gasteiger partial charge is 0.287 e. The van der Waals surface area contributed by atoms with E-state index in [-0.39, 0.29) is 23.1 Å². The fourth-order valence-corrected chi connectivity index (χ4v) is 2.48. The van der Waals surface area contributed by atoms with Gasteiger partial charge in [-0.05, 0) is 43.5 Å². The highest BCUT2D eigenvalue weighted by Crippen LogP contribution is 2.34. The molecule has 5 heteroatoms. The Hall–Kier alpha value is -1.88. The Bertz CT molecular complexity index is 640. The normalized spacial score (nSPS) is 16.9. The van der Waals surface area contributed by atoms with Crippen molar-refractivity contribution in [2.45, 2.75) is 24.9 Å². The molecule has 1 N–H and O–H groups in total. The summed E-state index contributed by atoms with van der Waals surface area (Å²) in [6.07, 6.45) is 3.03. The summed E-state index contributed by atoms with van der Waals surface area (Å²) in [6, 6.07) is 5.72. The number of methoxy groups -OCH3 is 1. The van der Waals surface area contributed by atoms with Crippen LogP contribution in [0.5, 0.6) is 0 Å². The zero-order valence-electron chi connectivity index (χ0n) is 11.2. The summed E-state index contributed by atoms with van der Waals surface area (Å²) in [5.74, 6) is -0.459. The van der Waals surface area contributed by atoms with Crippen LogP contribution in [0.3, 0.4) is 0 Å². The van der Waals surface area contributed by atoms with E-state index in [1.54, 1.807) is 13.2 Å². The van der Waals surface area contributed by atoms with Gasteiger partial charge in [-0.1, -0.05) is 0 Å². The van der Waals surface area contributed by atoms with E-state index in [0.29, 0.717) is 17.5 Å². The minimum atomic E-state index is -0.349. The van der Waals surface area contributed by atoms with Crippen molar-refractivity contribution in [2.24, 2.45) is 0 Å². The number of ether oxygens (including phenoxy) is 1. The number of rotatable bonds is 4. The zero-order valence-corrected chi connectivity index (χ0v) is 11.2. The van der Waals surface area contributed by atoms with E-state index in [4.69, 9.17) is 9.15 Å². The molecule has 0 aliphatic heterocycles. The van der Waals surface area contributed by atoms with Crippen LogP contribution in [0, 0.1) is 5.82 Å². The van der Waals surface area contributed by atoms with E-state index in [1.807, 2.05) is 0 Å². The molecule has 1 heterocycles. The van der Waals surface area contributed by atoms with Crippen LogP contribution in [0.25, 0.3) is 11.0 Å². The molecule has 1 aliphatic carbocycles. The van der Waals surface area contributed by atoms with Gasteiger partial charge in [0, 0.05) is 19.0 Å². The Labute approximate surface area is 115 Å². The van der Waals surface area contributed by atoms with Crippen molar-refractivity contribution >= 4 is 16.9 Å². The highest BCUT2D eigenvalue weighted by molar-refractivity contribution is 5.96. The van der Waals surface area contributed by atoms with E-state index in [0.717, 1.165) is 19.3 Å². The number of carbonyl (C=O) groups is 1. The lowest BCUT2D eigenvalue weighted by Gasteiger charge is -2.40. The first kappa shape index (κ1) is 13.1. The van der Waals surface area contributed by atoms with E-state index < -0.39 is 0 Å². The lowest BCUT2D eigenvalue weighted by Crippen LogP contribution is -2.49. The van der Waals surface area contributed by atoms with Gasteiger partial charge in [0.15, 0.2) is 5.76 Å². The second-order valence-electron chi connectivity index (χ2n) is 5.22. The summed E-state index contributed by atoms with van der Waals surface area (Å²) < 4.78 is 23.9. The Balaban J connectivity index is 1.72. The first-order valence-corrected chi connectivity index (χ1v) is 6.64. The highest BCUT2D eigenvalue weighted by Gasteiger charge is 2.37. The number of fused-ring (bicyclic) bond motifs is 1. The van der Waals surface area contributed by atoms with Crippen LogP contribution < -0.4 is 5.32 Å². The van der Waals surface area contributed by atoms with E-state index >= 15 is 0 Å². The number of hydrogen-bond donors (Lipinski definition) is 1. The van der Waals surface area contributed by atoms with Crippen molar-refractivity contribution in [3.63, 3.8) is 0 Å². The van der Waals surface area contributed by atoms with Gasteiger partial charge < -0.3 is 14.5 Å². The Morgan fingerprint density at radius 3 is 2.90 bits per heavy atom. The highest BCUT2D eigenvalue weighted by atomic mass is 19.1. The number of benzene rings is 1. The van der Waals surface area contributed by atoms with Crippen LogP contribution in [0.2, 0.25) is 0 Å². The number of halogens is 1. The van der Waals surface area contributed by atoms with E-state index in [9.17, 15) is 9.18 Å². The Morgan fingerprint density at radius 1 is 1.45 bits per heavy atom. The zero-order chi connectivity index (χ0) is 14.2. The molecule has 0 spiro atoms. The SMILES string of the molecule is COC1(CNC(=O)c2cc3cc(F)ccc3o2)CCC1. The average Bonchev–Trinajstić information content (AvgIpc) is 2.80. The summed E-state index contributed by atoms with van der Waals surface area (Å²) in [6.45, 7) is 0.466. The summed E-state index contributed by atoms with van der Waals surface area (Å²) in [5, 5.41) is 3.40. The lowest BCUT2D eigenvalue weighted by molar-refractivity contribution is -0.0679. The molecule has 0 radical (unpaired) electrons. The molecule has 1 aromatic heterocycles. The minimum Gasteiger partial charge on any atom is -0.451 e. The fraction of sp³-hybridized carbons (Fsp3) is 0.400. The summed E-state index contributed by atoms with van der Waals surface area (Å²) >= 11 is 0. The van der Waals surface area contributed by atoms with Gasteiger partial charge in [0.05, 0.1) is 5.60 Å². The van der Waals surface area contributed by atoms with Gasteiger partial charge in [-0.15, -0.1) is 0 Å². The van der Waals surface area contributed by atoms with Crippen LogP contribution in [0.4, 0.5) is 4.39 Å². The van der Waals surface area contributed by atoms with Crippen molar-refractivity contribution < 1.29 is 18.3 Å². The maximum atomic E-state index is 13.1. The summed E-state index contributed by atoms with van der Waals surface area (Å²) in [4.78, 5) is 12.0. The van der Waals surface area contributed by atoms with E-state index in [2.05, 4.69) is 5.32 Å². The third kappa shape index (κ3) is 2.29. The second kappa shape index (κ2) is 4.90. The molecule has 0 atom stereocenters. The Kier molecular flexibility index (Phi) is 3.22. The largest absolute Gasteiger partial charge is 0.451 e. The van der Waals surface area contributed by atoms with Crippen molar-refractivity contribution in [1.82, 2.24) is 5.32 Å². The van der Waals surface area contributed by atoms with Crippen molar-refractivity contribution in [3.8, 4) is 0 Å². The van der Waals surface area contributed by atoms with Gasteiger partial charge in [0.2, 0.25) is 0 Å². The van der Waals surface area contributed by atoms with Gasteiger partial charge in [0.25, 0.3) is 5.91 Å². The maximum Gasteiger partial charge on any atom is 0.287 e. The molecule has 1 aliphatic rings. The van der Waals surface area contributed by atoms with Crippen molar-refractivity contribution in [3.05, 3.63) is 35.8 Å². The summed E-state index contributed by atoms with van der Waals surface area (Å²) in [5.41, 5.74) is 0.273. The molecule has 2 aromatic rings. The molecular weight excluding hydrogens is 261 g/mol. The molecular formula is C15H16FNO3. The molecule has 4 nitrogen and oxygen atoms in total. The number of nitrogens with one attached hydrogen (secondary N) is 1. The molecule has 1 fully saturated rings. The fourth-order valence-electron chi connectivity index (χ4n) is 2.48. The molecule has 20 heavy (non-hydrogen) atoms. The summed E-state index contributed by atoms with van der Waals surface area (Å²) in [7, 11) is 1.66. The maximum absolute atomic E-state index is 13.1. The van der Waals surface area contributed by atoms with E-state index in [1.165, 1.54) is 18.2 Å². The topological polar surface area (TPSA) is 51.5 Å². The first-order valence-electron chi connectivity index (χ1n) is 6.64. The number of amides is 1. The monoisotopic (exact) mass is 277 g/mol. The van der Waals surface area contributed by atoms with Gasteiger partial charge >= 0.3 is 0 Å². The van der Waals surface area contributed by atoms with Crippen molar-refractivity contribution in [2.75, 3.05) is 13.7 Å². The predicted molar refractivity (Wildman–Crippen MR) is 72.1 cm³/mol. The molecule has 1 aromatic carbocycles. The number of hydrogen-bond acceptors (Lipinski definition) is 3. The van der Waals surface area contributed by atoms with Gasteiger partial charge in [-0.25, -0.2) is 4.39 Å². The number of furan rings is 1. The molecule has 1 amide bonds. The van der Waals surface area contributed by atoms with Crippen LogP contribution in [0.15, 0.2) is 28.7 Å². The predicted octanol–water partition coefficient (Wildman–Crippen LogP) is 2.87. The van der Waals surface area contributed by atoms with Gasteiger partial charge in [-0.3, -0.25) is 4.79 Å².